The van der Waals surface area contributed by atoms with E-state index in [1.54, 1.807) is 13.3 Å². The average Bonchev–Trinajstić information content (AvgIpc) is 3.15. The number of benzene rings is 3. The van der Waals surface area contributed by atoms with Crippen molar-refractivity contribution in [2.24, 2.45) is 4.99 Å². The monoisotopic (exact) mass is 418 g/mol. The van der Waals surface area contributed by atoms with E-state index in [2.05, 4.69) is 55.0 Å². The van der Waals surface area contributed by atoms with Crippen molar-refractivity contribution in [1.82, 2.24) is 4.98 Å². The van der Waals surface area contributed by atoms with E-state index in [1.165, 1.54) is 5.56 Å². The van der Waals surface area contributed by atoms with E-state index in [9.17, 15) is 0 Å². The Morgan fingerprint density at radius 2 is 1.77 bits per heavy atom. The van der Waals surface area contributed by atoms with Crippen molar-refractivity contribution in [1.29, 1.82) is 0 Å². The zero-order valence-corrected chi connectivity index (χ0v) is 18.2. The lowest BCUT2D eigenvalue weighted by Crippen LogP contribution is -2.10. The van der Waals surface area contributed by atoms with Crippen LogP contribution in [0.15, 0.2) is 70.1 Å². The summed E-state index contributed by atoms with van der Waals surface area (Å²) in [4.78, 5) is 9.19. The molecule has 0 fully saturated rings. The Bertz CT molecular complexity index is 1220. The van der Waals surface area contributed by atoms with Crippen molar-refractivity contribution in [2.45, 2.75) is 26.2 Å². The maximum atomic E-state index is 6.18. The number of ether oxygens (including phenoxy) is 1. The molecule has 0 aliphatic carbocycles. The van der Waals surface area contributed by atoms with Crippen LogP contribution in [-0.2, 0) is 5.41 Å². The van der Waals surface area contributed by atoms with Crippen molar-refractivity contribution in [3.8, 4) is 17.2 Å². The average molecular weight is 419 g/mol. The van der Waals surface area contributed by atoms with E-state index < -0.39 is 0 Å². The Morgan fingerprint density at radius 1 is 1.00 bits per heavy atom. The molecule has 0 bridgehead atoms. The first-order chi connectivity index (χ1) is 14.3. The van der Waals surface area contributed by atoms with Gasteiger partial charge in [0.2, 0.25) is 5.89 Å². The smallest absolute Gasteiger partial charge is 0.227 e. The first kappa shape index (κ1) is 20.2. The second-order valence-corrected chi connectivity index (χ2v) is 8.56. The topological polar surface area (TPSA) is 47.6 Å². The molecule has 5 heteroatoms. The largest absolute Gasteiger partial charge is 0.495 e. The standard InChI is InChI=1S/C25H23ClN2O2/c1-25(2,3)18-8-6-17(7-9-18)24-28-21-14-19(10-12-23(21)30-24)27-15-16-5-11-22(29-4)20(26)13-16/h5-15H,1-4H3. The van der Waals surface area contributed by atoms with Gasteiger partial charge in [-0.25, -0.2) is 4.98 Å². The second-order valence-electron chi connectivity index (χ2n) is 8.15. The van der Waals surface area contributed by atoms with Crippen LogP contribution in [0.1, 0.15) is 31.9 Å². The Balaban J connectivity index is 1.59. The Kier molecular flexibility index (Phi) is 5.35. The van der Waals surface area contributed by atoms with Gasteiger partial charge < -0.3 is 9.15 Å². The molecule has 30 heavy (non-hydrogen) atoms. The minimum absolute atomic E-state index is 0.112. The summed E-state index contributed by atoms with van der Waals surface area (Å²) in [6.45, 7) is 6.59. The van der Waals surface area contributed by atoms with Crippen LogP contribution in [-0.4, -0.2) is 18.3 Å². The minimum atomic E-state index is 0.112. The quantitative estimate of drug-likeness (QED) is 0.329. The number of fused-ring (bicyclic) bond motifs is 1. The van der Waals surface area contributed by atoms with Gasteiger partial charge in [0.1, 0.15) is 11.3 Å². The van der Waals surface area contributed by atoms with Gasteiger partial charge in [-0.05, 0) is 65.1 Å². The summed E-state index contributed by atoms with van der Waals surface area (Å²) < 4.78 is 11.1. The van der Waals surface area contributed by atoms with E-state index >= 15 is 0 Å². The van der Waals surface area contributed by atoms with Gasteiger partial charge in [0.25, 0.3) is 0 Å². The molecule has 1 aromatic heterocycles. The molecule has 0 unspecified atom stereocenters. The lowest BCUT2D eigenvalue weighted by atomic mass is 9.87. The third kappa shape index (κ3) is 4.24. The first-order valence-electron chi connectivity index (χ1n) is 9.72. The van der Waals surface area contributed by atoms with Gasteiger partial charge >= 0.3 is 0 Å². The number of hydrogen-bond donors (Lipinski definition) is 0. The van der Waals surface area contributed by atoms with Gasteiger partial charge in [-0.2, -0.15) is 0 Å². The first-order valence-corrected chi connectivity index (χ1v) is 10.1. The van der Waals surface area contributed by atoms with Crippen molar-refractivity contribution >= 4 is 34.6 Å². The molecular formula is C25H23ClN2O2. The third-order valence-corrected chi connectivity index (χ3v) is 5.20. The zero-order valence-electron chi connectivity index (χ0n) is 17.4. The number of rotatable bonds is 4. The van der Waals surface area contributed by atoms with Gasteiger partial charge in [-0.3, -0.25) is 4.99 Å². The van der Waals surface area contributed by atoms with Crippen LogP contribution in [0.3, 0.4) is 0 Å². The van der Waals surface area contributed by atoms with Gasteiger partial charge in [-0.1, -0.05) is 44.5 Å². The second kappa shape index (κ2) is 7.96. The molecule has 0 atom stereocenters. The van der Waals surface area contributed by atoms with E-state index in [1.807, 2.05) is 36.4 Å². The summed E-state index contributed by atoms with van der Waals surface area (Å²) in [7, 11) is 1.59. The van der Waals surface area contributed by atoms with Crippen molar-refractivity contribution in [3.05, 3.63) is 76.8 Å². The summed E-state index contributed by atoms with van der Waals surface area (Å²) in [5.41, 5.74) is 5.53. The Labute approximate surface area is 181 Å². The molecule has 0 saturated heterocycles. The predicted octanol–water partition coefficient (Wildman–Crippen LogP) is 7.20. The normalized spacial score (nSPS) is 12.0. The van der Waals surface area contributed by atoms with Crippen LogP contribution < -0.4 is 4.74 Å². The minimum Gasteiger partial charge on any atom is -0.495 e. The summed E-state index contributed by atoms with van der Waals surface area (Å²) >= 11 is 6.18. The molecule has 152 valence electrons. The van der Waals surface area contributed by atoms with Crippen LogP contribution in [0.25, 0.3) is 22.6 Å². The van der Waals surface area contributed by atoms with Crippen molar-refractivity contribution in [3.63, 3.8) is 0 Å². The highest BCUT2D eigenvalue weighted by molar-refractivity contribution is 6.32. The van der Waals surface area contributed by atoms with E-state index in [4.69, 9.17) is 20.8 Å². The number of nitrogens with zero attached hydrogens (tertiary/aromatic N) is 2. The van der Waals surface area contributed by atoms with Gasteiger partial charge in [0.15, 0.2) is 5.58 Å². The number of oxazole rings is 1. The molecule has 0 radical (unpaired) electrons. The fourth-order valence-corrected chi connectivity index (χ4v) is 3.41. The highest BCUT2D eigenvalue weighted by Gasteiger charge is 2.14. The maximum Gasteiger partial charge on any atom is 0.227 e. The number of aromatic nitrogens is 1. The fourth-order valence-electron chi connectivity index (χ4n) is 3.14. The molecule has 0 spiro atoms. The van der Waals surface area contributed by atoms with Crippen LogP contribution in [0.2, 0.25) is 5.02 Å². The van der Waals surface area contributed by atoms with Gasteiger partial charge in [-0.15, -0.1) is 0 Å². The van der Waals surface area contributed by atoms with Gasteiger partial charge in [0.05, 0.1) is 17.8 Å². The summed E-state index contributed by atoms with van der Waals surface area (Å²) in [6, 6.07) is 19.6. The predicted molar refractivity (Wildman–Crippen MR) is 123 cm³/mol. The Morgan fingerprint density at radius 3 is 2.43 bits per heavy atom. The Hall–Kier alpha value is -3.11. The number of methoxy groups -OCH3 is 1. The highest BCUT2D eigenvalue weighted by atomic mass is 35.5. The summed E-state index contributed by atoms with van der Waals surface area (Å²) in [5.74, 6) is 1.24. The molecule has 0 aliphatic heterocycles. The number of halogens is 1. The maximum absolute atomic E-state index is 6.18. The molecule has 4 nitrogen and oxygen atoms in total. The fraction of sp³-hybridized carbons (Fsp3) is 0.200. The molecular weight excluding hydrogens is 396 g/mol. The highest BCUT2D eigenvalue weighted by Crippen LogP contribution is 2.30. The van der Waals surface area contributed by atoms with Crippen molar-refractivity contribution in [2.75, 3.05) is 7.11 Å². The summed E-state index contributed by atoms with van der Waals surface area (Å²) in [6.07, 6.45) is 1.76. The van der Waals surface area contributed by atoms with Gasteiger partial charge in [0, 0.05) is 11.8 Å². The van der Waals surface area contributed by atoms with E-state index in [0.717, 1.165) is 27.9 Å². The lowest BCUT2D eigenvalue weighted by molar-refractivity contribution is 0.415. The molecule has 0 N–H and O–H groups in total. The molecule has 3 aromatic carbocycles. The molecule has 0 aliphatic rings. The zero-order chi connectivity index (χ0) is 21.3. The third-order valence-electron chi connectivity index (χ3n) is 4.91. The number of aliphatic imine (C=N–C) groups is 1. The van der Waals surface area contributed by atoms with E-state index in [-0.39, 0.29) is 5.41 Å². The van der Waals surface area contributed by atoms with Crippen LogP contribution in [0, 0.1) is 0 Å². The summed E-state index contributed by atoms with van der Waals surface area (Å²) in [5, 5.41) is 0.551. The molecule has 1 heterocycles. The van der Waals surface area contributed by atoms with E-state index in [0.29, 0.717) is 16.7 Å². The van der Waals surface area contributed by atoms with Crippen LogP contribution >= 0.6 is 11.6 Å². The number of hydrogen-bond acceptors (Lipinski definition) is 4. The molecule has 0 saturated carbocycles. The van der Waals surface area contributed by atoms with Crippen LogP contribution in [0.5, 0.6) is 5.75 Å². The SMILES string of the molecule is COc1ccc(C=Nc2ccc3oc(-c4ccc(C(C)(C)C)cc4)nc3c2)cc1Cl. The molecule has 4 rings (SSSR count). The molecule has 4 aromatic rings. The molecule has 0 amide bonds. The van der Waals surface area contributed by atoms with Crippen molar-refractivity contribution < 1.29 is 9.15 Å². The van der Waals surface area contributed by atoms with Crippen LogP contribution in [0.4, 0.5) is 5.69 Å². The lowest BCUT2D eigenvalue weighted by Gasteiger charge is -2.18.